The van der Waals surface area contributed by atoms with Gasteiger partial charge in [-0.05, 0) is 24.6 Å². The van der Waals surface area contributed by atoms with E-state index >= 15 is 0 Å². The molecule has 16 heavy (non-hydrogen) atoms. The normalized spacial score (nSPS) is 19.5. The molecule has 1 amide bonds. The van der Waals surface area contributed by atoms with E-state index in [2.05, 4.69) is 0 Å². The molecule has 0 bridgehead atoms. The lowest BCUT2D eigenvalue weighted by Gasteiger charge is -2.15. The van der Waals surface area contributed by atoms with Gasteiger partial charge in [0, 0.05) is 24.7 Å². The van der Waals surface area contributed by atoms with Crippen molar-refractivity contribution < 1.29 is 4.79 Å². The minimum atomic E-state index is -0.0370. The SMILES string of the molecule is N#Cc1cccc(C(=O)N2CCC(N)C2)c1. The molecule has 1 aromatic rings. The van der Waals surface area contributed by atoms with E-state index in [0.717, 1.165) is 6.42 Å². The molecule has 2 rings (SSSR count). The number of benzene rings is 1. The summed E-state index contributed by atoms with van der Waals surface area (Å²) >= 11 is 0. The van der Waals surface area contributed by atoms with Crippen molar-refractivity contribution in [3.05, 3.63) is 35.4 Å². The molecular weight excluding hydrogens is 202 g/mol. The summed E-state index contributed by atoms with van der Waals surface area (Å²) in [5.41, 5.74) is 6.82. The maximum atomic E-state index is 12.0. The second-order valence-corrected chi connectivity index (χ2v) is 3.99. The molecule has 0 spiro atoms. The first-order valence-corrected chi connectivity index (χ1v) is 5.25. The Hall–Kier alpha value is -1.86. The summed E-state index contributed by atoms with van der Waals surface area (Å²) in [4.78, 5) is 13.8. The van der Waals surface area contributed by atoms with E-state index in [1.165, 1.54) is 0 Å². The predicted octanol–water partition coefficient (Wildman–Crippen LogP) is 0.731. The van der Waals surface area contributed by atoms with E-state index in [-0.39, 0.29) is 11.9 Å². The number of likely N-dealkylation sites (tertiary alicyclic amines) is 1. The second kappa shape index (κ2) is 4.33. The van der Waals surface area contributed by atoms with Gasteiger partial charge < -0.3 is 10.6 Å². The van der Waals surface area contributed by atoms with E-state index in [1.54, 1.807) is 29.2 Å². The molecule has 1 saturated heterocycles. The highest BCUT2D eigenvalue weighted by molar-refractivity contribution is 5.94. The first-order chi connectivity index (χ1) is 7.70. The molecule has 1 aliphatic rings. The molecule has 2 N–H and O–H groups in total. The van der Waals surface area contributed by atoms with E-state index in [9.17, 15) is 4.79 Å². The van der Waals surface area contributed by atoms with Crippen LogP contribution in [0.1, 0.15) is 22.3 Å². The summed E-state index contributed by atoms with van der Waals surface area (Å²) in [5, 5.41) is 8.76. The number of nitrogens with two attached hydrogens (primary N) is 1. The topological polar surface area (TPSA) is 70.1 Å². The Balaban J connectivity index is 2.18. The van der Waals surface area contributed by atoms with Crippen LogP contribution < -0.4 is 5.73 Å². The predicted molar refractivity (Wildman–Crippen MR) is 59.7 cm³/mol. The Labute approximate surface area is 94.3 Å². The summed E-state index contributed by atoms with van der Waals surface area (Å²) in [6, 6.07) is 8.87. The summed E-state index contributed by atoms with van der Waals surface area (Å²) in [7, 11) is 0. The van der Waals surface area contributed by atoms with Crippen LogP contribution in [0, 0.1) is 11.3 Å². The van der Waals surface area contributed by atoms with E-state index in [1.807, 2.05) is 6.07 Å². The minimum absolute atomic E-state index is 0.0370. The molecule has 1 aliphatic heterocycles. The van der Waals surface area contributed by atoms with Gasteiger partial charge in [-0.15, -0.1) is 0 Å². The van der Waals surface area contributed by atoms with Gasteiger partial charge in [0.25, 0.3) is 5.91 Å². The van der Waals surface area contributed by atoms with Crippen molar-refractivity contribution in [3.8, 4) is 6.07 Å². The van der Waals surface area contributed by atoms with Gasteiger partial charge in [0.15, 0.2) is 0 Å². The highest BCUT2D eigenvalue weighted by Crippen LogP contribution is 2.13. The van der Waals surface area contributed by atoms with Crippen LogP contribution in [0.3, 0.4) is 0 Å². The minimum Gasteiger partial charge on any atom is -0.337 e. The fourth-order valence-electron chi connectivity index (χ4n) is 1.88. The summed E-state index contributed by atoms with van der Waals surface area (Å²) < 4.78 is 0. The van der Waals surface area contributed by atoms with Crippen LogP contribution in [0.5, 0.6) is 0 Å². The van der Waals surface area contributed by atoms with Crippen LogP contribution in [0.25, 0.3) is 0 Å². The van der Waals surface area contributed by atoms with Gasteiger partial charge in [-0.2, -0.15) is 5.26 Å². The molecule has 0 aromatic heterocycles. The van der Waals surface area contributed by atoms with Crippen LogP contribution in [0.15, 0.2) is 24.3 Å². The number of rotatable bonds is 1. The Morgan fingerprint density at radius 1 is 1.56 bits per heavy atom. The first kappa shape index (κ1) is 10.7. The molecular formula is C12H13N3O. The zero-order valence-electron chi connectivity index (χ0n) is 8.89. The molecule has 82 valence electrons. The van der Waals surface area contributed by atoms with E-state index in [4.69, 9.17) is 11.0 Å². The highest BCUT2D eigenvalue weighted by Gasteiger charge is 2.24. The lowest BCUT2D eigenvalue weighted by atomic mass is 10.1. The fraction of sp³-hybridized carbons (Fsp3) is 0.333. The van der Waals surface area contributed by atoms with E-state index < -0.39 is 0 Å². The Bertz CT molecular complexity index is 450. The number of hydrogen-bond acceptors (Lipinski definition) is 3. The third-order valence-electron chi connectivity index (χ3n) is 2.75. The average Bonchev–Trinajstić information content (AvgIpc) is 2.75. The summed E-state index contributed by atoms with van der Waals surface area (Å²) in [6.07, 6.45) is 0.851. The maximum absolute atomic E-state index is 12.0. The maximum Gasteiger partial charge on any atom is 0.253 e. The summed E-state index contributed by atoms with van der Waals surface area (Å²) in [6.45, 7) is 1.31. The monoisotopic (exact) mass is 215 g/mol. The molecule has 1 unspecified atom stereocenters. The highest BCUT2D eigenvalue weighted by atomic mass is 16.2. The van der Waals surface area contributed by atoms with Gasteiger partial charge in [-0.25, -0.2) is 0 Å². The van der Waals surface area contributed by atoms with Crippen LogP contribution in [0.4, 0.5) is 0 Å². The van der Waals surface area contributed by atoms with Crippen LogP contribution in [-0.4, -0.2) is 29.9 Å². The zero-order valence-corrected chi connectivity index (χ0v) is 8.89. The van der Waals surface area contributed by atoms with Crippen molar-refractivity contribution in [3.63, 3.8) is 0 Å². The third kappa shape index (κ3) is 2.05. The van der Waals surface area contributed by atoms with Crippen molar-refractivity contribution in [2.24, 2.45) is 5.73 Å². The standard InChI is InChI=1S/C12H13N3O/c13-7-9-2-1-3-10(6-9)12(16)15-5-4-11(14)8-15/h1-3,6,11H,4-5,8,14H2. The van der Waals surface area contributed by atoms with Crippen molar-refractivity contribution in [1.82, 2.24) is 4.90 Å². The van der Waals surface area contributed by atoms with Crippen molar-refractivity contribution >= 4 is 5.91 Å². The number of nitriles is 1. The van der Waals surface area contributed by atoms with Gasteiger partial charge in [-0.1, -0.05) is 6.07 Å². The van der Waals surface area contributed by atoms with Gasteiger partial charge in [0.05, 0.1) is 11.6 Å². The Kier molecular flexibility index (Phi) is 2.88. The number of carbonyl (C=O) groups is 1. The van der Waals surface area contributed by atoms with Gasteiger partial charge in [0.1, 0.15) is 0 Å². The van der Waals surface area contributed by atoms with E-state index in [0.29, 0.717) is 24.2 Å². The molecule has 1 atom stereocenters. The lowest BCUT2D eigenvalue weighted by Crippen LogP contribution is -2.31. The van der Waals surface area contributed by atoms with Crippen molar-refractivity contribution in [2.75, 3.05) is 13.1 Å². The van der Waals surface area contributed by atoms with Crippen molar-refractivity contribution in [1.29, 1.82) is 5.26 Å². The van der Waals surface area contributed by atoms with Crippen LogP contribution in [-0.2, 0) is 0 Å². The average molecular weight is 215 g/mol. The molecule has 0 radical (unpaired) electrons. The second-order valence-electron chi connectivity index (χ2n) is 3.99. The quantitative estimate of drug-likeness (QED) is 0.750. The fourth-order valence-corrected chi connectivity index (χ4v) is 1.88. The number of amides is 1. The Morgan fingerprint density at radius 2 is 2.38 bits per heavy atom. The number of hydrogen-bond donors (Lipinski definition) is 1. The van der Waals surface area contributed by atoms with Gasteiger partial charge >= 0.3 is 0 Å². The first-order valence-electron chi connectivity index (χ1n) is 5.25. The molecule has 0 aliphatic carbocycles. The molecule has 1 fully saturated rings. The largest absolute Gasteiger partial charge is 0.337 e. The lowest BCUT2D eigenvalue weighted by molar-refractivity contribution is 0.0791. The molecule has 1 aromatic carbocycles. The molecule has 0 saturated carbocycles. The Morgan fingerprint density at radius 3 is 3.00 bits per heavy atom. The number of nitrogens with zero attached hydrogens (tertiary/aromatic N) is 2. The van der Waals surface area contributed by atoms with Gasteiger partial charge in [0.2, 0.25) is 0 Å². The van der Waals surface area contributed by atoms with Gasteiger partial charge in [-0.3, -0.25) is 4.79 Å². The van der Waals surface area contributed by atoms with Crippen molar-refractivity contribution in [2.45, 2.75) is 12.5 Å². The number of carbonyl (C=O) groups excluding carboxylic acids is 1. The molecule has 4 heteroatoms. The van der Waals surface area contributed by atoms with Crippen LogP contribution in [0.2, 0.25) is 0 Å². The third-order valence-corrected chi connectivity index (χ3v) is 2.75. The van der Waals surface area contributed by atoms with Crippen LogP contribution >= 0.6 is 0 Å². The zero-order chi connectivity index (χ0) is 11.5. The smallest absolute Gasteiger partial charge is 0.253 e. The summed E-state index contributed by atoms with van der Waals surface area (Å²) in [5.74, 6) is -0.0370. The molecule has 4 nitrogen and oxygen atoms in total. The molecule has 1 heterocycles.